The summed E-state index contributed by atoms with van der Waals surface area (Å²) < 4.78 is 23.4. The van der Waals surface area contributed by atoms with Crippen LogP contribution in [0.4, 0.5) is 0 Å². The van der Waals surface area contributed by atoms with Crippen molar-refractivity contribution in [2.45, 2.75) is 31.6 Å². The highest BCUT2D eigenvalue weighted by Crippen LogP contribution is 2.19. The standard InChI is InChI=1S/C14H20N2O3S/c1-10-7-11(14(15)17)4-5-12(10)8-16-9-13-3-2-6-20(13,18)19/h4-5,7,13,16H,2-3,6,8-9H2,1H3,(H2,15,17). The molecule has 1 heterocycles. The van der Waals surface area contributed by atoms with Gasteiger partial charge in [-0.25, -0.2) is 8.42 Å². The van der Waals surface area contributed by atoms with E-state index in [1.165, 1.54) is 0 Å². The van der Waals surface area contributed by atoms with Crippen LogP contribution in [0.2, 0.25) is 0 Å². The van der Waals surface area contributed by atoms with Crippen LogP contribution in [0.25, 0.3) is 0 Å². The Balaban J connectivity index is 1.93. The molecule has 0 bridgehead atoms. The van der Waals surface area contributed by atoms with Gasteiger partial charge in [0.1, 0.15) is 0 Å². The lowest BCUT2D eigenvalue weighted by Crippen LogP contribution is -2.30. The van der Waals surface area contributed by atoms with Crippen molar-refractivity contribution in [3.63, 3.8) is 0 Å². The molecule has 6 heteroatoms. The van der Waals surface area contributed by atoms with Gasteiger partial charge >= 0.3 is 0 Å². The van der Waals surface area contributed by atoms with Crippen LogP contribution in [0, 0.1) is 6.92 Å². The summed E-state index contributed by atoms with van der Waals surface area (Å²) in [6, 6.07) is 5.30. The second-order valence-corrected chi connectivity index (χ2v) is 7.67. The highest BCUT2D eigenvalue weighted by molar-refractivity contribution is 7.92. The molecule has 0 saturated carbocycles. The average Bonchev–Trinajstić information content (AvgIpc) is 2.70. The summed E-state index contributed by atoms with van der Waals surface area (Å²) in [6.07, 6.45) is 1.51. The third-order valence-corrected chi connectivity index (χ3v) is 6.05. The maximum absolute atomic E-state index is 11.7. The molecule has 1 amide bonds. The predicted molar refractivity (Wildman–Crippen MR) is 78.2 cm³/mol. The first-order valence-electron chi connectivity index (χ1n) is 6.72. The number of nitrogens with two attached hydrogens (primary N) is 1. The normalized spacial score (nSPS) is 20.9. The predicted octanol–water partition coefficient (Wildman–Crippen LogP) is 0.761. The topological polar surface area (TPSA) is 89.3 Å². The Labute approximate surface area is 119 Å². The summed E-state index contributed by atoms with van der Waals surface area (Å²) in [7, 11) is -2.89. The van der Waals surface area contributed by atoms with Crippen LogP contribution >= 0.6 is 0 Å². The Kier molecular flexibility index (Phi) is 4.45. The Morgan fingerprint density at radius 2 is 2.20 bits per heavy atom. The number of rotatable bonds is 5. The first-order valence-corrected chi connectivity index (χ1v) is 8.43. The molecule has 2 rings (SSSR count). The number of nitrogens with one attached hydrogen (secondary N) is 1. The number of primary amides is 1. The van der Waals surface area contributed by atoms with Gasteiger partial charge in [-0.15, -0.1) is 0 Å². The van der Waals surface area contributed by atoms with E-state index in [-0.39, 0.29) is 5.25 Å². The molecule has 0 aromatic heterocycles. The fraction of sp³-hybridized carbons (Fsp3) is 0.500. The van der Waals surface area contributed by atoms with Gasteiger partial charge in [0, 0.05) is 18.7 Å². The highest BCUT2D eigenvalue weighted by atomic mass is 32.2. The maximum atomic E-state index is 11.7. The van der Waals surface area contributed by atoms with Crippen LogP contribution in [0.15, 0.2) is 18.2 Å². The summed E-state index contributed by atoms with van der Waals surface area (Å²) in [6.45, 7) is 2.99. The molecule has 1 unspecified atom stereocenters. The van der Waals surface area contributed by atoms with Gasteiger partial charge in [0.05, 0.1) is 11.0 Å². The fourth-order valence-corrected chi connectivity index (χ4v) is 4.30. The molecule has 1 atom stereocenters. The van der Waals surface area contributed by atoms with Crippen LogP contribution in [-0.2, 0) is 16.4 Å². The first-order chi connectivity index (χ1) is 9.40. The van der Waals surface area contributed by atoms with Crippen molar-refractivity contribution in [3.8, 4) is 0 Å². The molecule has 1 aliphatic heterocycles. The van der Waals surface area contributed by atoms with Gasteiger partial charge in [0.25, 0.3) is 0 Å². The van der Waals surface area contributed by atoms with Crippen molar-refractivity contribution in [3.05, 3.63) is 34.9 Å². The summed E-state index contributed by atoms with van der Waals surface area (Å²) in [5, 5.41) is 2.94. The van der Waals surface area contributed by atoms with Crippen molar-refractivity contribution in [1.29, 1.82) is 0 Å². The van der Waals surface area contributed by atoms with Crippen LogP contribution in [0.5, 0.6) is 0 Å². The molecular formula is C14H20N2O3S. The second kappa shape index (κ2) is 5.93. The molecule has 3 N–H and O–H groups in total. The Hall–Kier alpha value is -1.40. The number of hydrogen-bond acceptors (Lipinski definition) is 4. The lowest BCUT2D eigenvalue weighted by Gasteiger charge is -2.12. The molecule has 1 fully saturated rings. The molecule has 20 heavy (non-hydrogen) atoms. The number of aryl methyl sites for hydroxylation is 1. The van der Waals surface area contributed by atoms with Crippen LogP contribution in [0.3, 0.4) is 0 Å². The number of hydrogen-bond donors (Lipinski definition) is 2. The summed E-state index contributed by atoms with van der Waals surface area (Å²) in [4.78, 5) is 11.1. The van der Waals surface area contributed by atoms with Gasteiger partial charge in [-0.3, -0.25) is 4.79 Å². The van der Waals surface area contributed by atoms with E-state index in [0.717, 1.165) is 24.0 Å². The molecule has 0 spiro atoms. The van der Waals surface area contributed by atoms with Crippen molar-refractivity contribution in [2.24, 2.45) is 5.73 Å². The van der Waals surface area contributed by atoms with Crippen molar-refractivity contribution >= 4 is 15.7 Å². The summed E-state index contributed by atoms with van der Waals surface area (Å²) in [5.74, 6) is -0.129. The Bertz CT molecular complexity index is 611. The van der Waals surface area contributed by atoms with E-state index in [9.17, 15) is 13.2 Å². The molecule has 1 saturated heterocycles. The van der Waals surface area contributed by atoms with E-state index in [1.54, 1.807) is 12.1 Å². The van der Waals surface area contributed by atoms with Crippen molar-refractivity contribution in [1.82, 2.24) is 5.32 Å². The minimum absolute atomic E-state index is 0.257. The van der Waals surface area contributed by atoms with E-state index in [0.29, 0.717) is 24.4 Å². The van der Waals surface area contributed by atoms with E-state index >= 15 is 0 Å². The van der Waals surface area contributed by atoms with E-state index < -0.39 is 15.7 Å². The smallest absolute Gasteiger partial charge is 0.248 e. The monoisotopic (exact) mass is 296 g/mol. The van der Waals surface area contributed by atoms with Crippen LogP contribution in [0.1, 0.15) is 34.3 Å². The minimum atomic E-state index is -2.89. The van der Waals surface area contributed by atoms with E-state index in [1.807, 2.05) is 13.0 Å². The fourth-order valence-electron chi connectivity index (χ4n) is 2.50. The summed E-state index contributed by atoms with van der Waals surface area (Å²) >= 11 is 0. The van der Waals surface area contributed by atoms with Gasteiger partial charge in [0.2, 0.25) is 5.91 Å². The number of amides is 1. The maximum Gasteiger partial charge on any atom is 0.248 e. The second-order valence-electron chi connectivity index (χ2n) is 5.27. The summed E-state index contributed by atoms with van der Waals surface area (Å²) in [5.41, 5.74) is 7.74. The minimum Gasteiger partial charge on any atom is -0.366 e. The van der Waals surface area contributed by atoms with Gasteiger partial charge < -0.3 is 11.1 Å². The Morgan fingerprint density at radius 3 is 2.75 bits per heavy atom. The van der Waals surface area contributed by atoms with Gasteiger partial charge in [0.15, 0.2) is 9.84 Å². The molecule has 1 aromatic rings. The third kappa shape index (κ3) is 3.37. The first kappa shape index (κ1) is 15.0. The molecular weight excluding hydrogens is 276 g/mol. The molecule has 1 aliphatic rings. The quantitative estimate of drug-likeness (QED) is 0.839. The molecule has 0 aliphatic carbocycles. The third-order valence-electron chi connectivity index (χ3n) is 3.78. The van der Waals surface area contributed by atoms with Crippen LogP contribution in [-0.4, -0.2) is 31.9 Å². The van der Waals surface area contributed by atoms with E-state index in [4.69, 9.17) is 5.73 Å². The Morgan fingerprint density at radius 1 is 1.45 bits per heavy atom. The largest absolute Gasteiger partial charge is 0.366 e. The number of sulfone groups is 1. The zero-order chi connectivity index (χ0) is 14.8. The zero-order valence-electron chi connectivity index (χ0n) is 11.6. The lowest BCUT2D eigenvalue weighted by atomic mass is 10.0. The SMILES string of the molecule is Cc1cc(C(N)=O)ccc1CNCC1CCCS1(=O)=O. The van der Waals surface area contributed by atoms with Crippen LogP contribution < -0.4 is 11.1 Å². The van der Waals surface area contributed by atoms with Gasteiger partial charge in [-0.2, -0.15) is 0 Å². The molecule has 1 aromatic carbocycles. The number of benzene rings is 1. The average molecular weight is 296 g/mol. The number of carbonyl (C=O) groups excluding carboxylic acids is 1. The van der Waals surface area contributed by atoms with Crippen molar-refractivity contribution < 1.29 is 13.2 Å². The molecule has 110 valence electrons. The van der Waals surface area contributed by atoms with E-state index in [2.05, 4.69) is 5.32 Å². The molecule has 5 nitrogen and oxygen atoms in total. The lowest BCUT2D eigenvalue weighted by molar-refractivity contribution is 0.1000. The molecule has 0 radical (unpaired) electrons. The van der Waals surface area contributed by atoms with Gasteiger partial charge in [-0.05, 0) is 43.0 Å². The van der Waals surface area contributed by atoms with Crippen molar-refractivity contribution in [2.75, 3.05) is 12.3 Å². The number of carbonyl (C=O) groups is 1. The van der Waals surface area contributed by atoms with Gasteiger partial charge in [-0.1, -0.05) is 6.07 Å². The zero-order valence-corrected chi connectivity index (χ0v) is 12.4. The highest BCUT2D eigenvalue weighted by Gasteiger charge is 2.30.